The molecule has 0 unspecified atom stereocenters. The molecule has 20 heavy (non-hydrogen) atoms. The minimum Gasteiger partial charge on any atom is -0.207 e. The summed E-state index contributed by atoms with van der Waals surface area (Å²) in [5.74, 6) is -1.04. The van der Waals surface area contributed by atoms with Crippen LogP contribution in [0.15, 0.2) is 30.3 Å². The molecule has 0 aliphatic heterocycles. The molecule has 110 valence electrons. The lowest BCUT2D eigenvalue weighted by Gasteiger charge is -2.39. The molecule has 2 aliphatic carbocycles. The molecule has 0 heterocycles. The van der Waals surface area contributed by atoms with Crippen molar-refractivity contribution in [1.82, 2.24) is 0 Å². The van der Waals surface area contributed by atoms with Crippen molar-refractivity contribution in [3.05, 3.63) is 35.9 Å². The van der Waals surface area contributed by atoms with Gasteiger partial charge in [-0.3, -0.25) is 0 Å². The van der Waals surface area contributed by atoms with E-state index in [1.54, 1.807) is 0 Å². The number of alkyl halides is 2. The minimum atomic E-state index is -2.40. The highest BCUT2D eigenvalue weighted by Crippen LogP contribution is 2.46. The van der Waals surface area contributed by atoms with Gasteiger partial charge in [0.1, 0.15) is 0 Å². The Bertz CT molecular complexity index is 426. The van der Waals surface area contributed by atoms with E-state index in [2.05, 4.69) is 24.3 Å². The summed E-state index contributed by atoms with van der Waals surface area (Å²) in [7, 11) is 0. The lowest BCUT2D eigenvalue weighted by Crippen LogP contribution is -2.32. The van der Waals surface area contributed by atoms with Crippen LogP contribution in [0.2, 0.25) is 0 Å². The van der Waals surface area contributed by atoms with Crippen LogP contribution in [-0.4, -0.2) is 5.92 Å². The van der Waals surface area contributed by atoms with Gasteiger partial charge >= 0.3 is 0 Å². The van der Waals surface area contributed by atoms with Gasteiger partial charge in [-0.25, -0.2) is 8.78 Å². The summed E-state index contributed by atoms with van der Waals surface area (Å²) in [4.78, 5) is 0. The minimum absolute atomic E-state index is 0.109. The Morgan fingerprint density at radius 3 is 2.40 bits per heavy atom. The molecule has 0 amide bonds. The van der Waals surface area contributed by atoms with Crippen molar-refractivity contribution >= 4 is 0 Å². The second-order valence-electron chi connectivity index (χ2n) is 6.75. The highest BCUT2D eigenvalue weighted by Gasteiger charge is 2.40. The molecule has 0 spiro atoms. The Morgan fingerprint density at radius 2 is 1.65 bits per heavy atom. The van der Waals surface area contributed by atoms with E-state index in [9.17, 15) is 8.78 Å². The van der Waals surface area contributed by atoms with Crippen molar-refractivity contribution in [1.29, 1.82) is 0 Å². The largest absolute Gasteiger partial charge is 0.248 e. The average Bonchev–Trinajstić information content (AvgIpc) is 2.47. The predicted octanol–water partition coefficient (Wildman–Crippen LogP) is 5.79. The molecular formula is C18H24F2. The number of halogens is 2. The molecule has 3 rings (SSSR count). The van der Waals surface area contributed by atoms with Gasteiger partial charge in [-0.15, -0.1) is 0 Å². The van der Waals surface area contributed by atoms with Crippen LogP contribution >= 0.6 is 0 Å². The van der Waals surface area contributed by atoms with Crippen molar-refractivity contribution in [3.63, 3.8) is 0 Å². The monoisotopic (exact) mass is 278 g/mol. The first-order chi connectivity index (χ1) is 9.64. The van der Waals surface area contributed by atoms with Crippen molar-refractivity contribution < 1.29 is 8.78 Å². The first kappa shape index (κ1) is 14.0. The van der Waals surface area contributed by atoms with Crippen molar-refractivity contribution in [2.45, 2.75) is 63.2 Å². The molecule has 0 radical (unpaired) electrons. The Balaban J connectivity index is 1.66. The number of benzene rings is 1. The van der Waals surface area contributed by atoms with Gasteiger partial charge in [0.15, 0.2) is 0 Å². The molecule has 1 aromatic rings. The van der Waals surface area contributed by atoms with E-state index >= 15 is 0 Å². The summed E-state index contributed by atoms with van der Waals surface area (Å²) >= 11 is 0. The summed E-state index contributed by atoms with van der Waals surface area (Å²) in [6, 6.07) is 10.6. The maximum Gasteiger partial charge on any atom is 0.248 e. The van der Waals surface area contributed by atoms with Crippen LogP contribution < -0.4 is 0 Å². The fourth-order valence-electron chi connectivity index (χ4n) is 4.30. The van der Waals surface area contributed by atoms with Gasteiger partial charge in [-0.2, -0.15) is 0 Å². The van der Waals surface area contributed by atoms with Crippen molar-refractivity contribution in [2.24, 2.45) is 11.8 Å². The van der Waals surface area contributed by atoms with Gasteiger partial charge in [0, 0.05) is 12.8 Å². The Hall–Kier alpha value is -0.920. The zero-order chi connectivity index (χ0) is 14.0. The SMILES string of the molecule is FC1(F)CCC[C@@H]([C@H]2CCC[C@@H](c3ccccc3)C2)C1. The van der Waals surface area contributed by atoms with Gasteiger partial charge in [0.2, 0.25) is 5.92 Å². The molecule has 3 atom stereocenters. The van der Waals surface area contributed by atoms with E-state index in [0.29, 0.717) is 18.3 Å². The fraction of sp³-hybridized carbons (Fsp3) is 0.667. The van der Waals surface area contributed by atoms with E-state index < -0.39 is 5.92 Å². The molecule has 2 saturated carbocycles. The third kappa shape index (κ3) is 3.21. The number of rotatable bonds is 2. The van der Waals surface area contributed by atoms with Crippen LogP contribution in [0.25, 0.3) is 0 Å². The molecule has 2 fully saturated rings. The average molecular weight is 278 g/mol. The highest BCUT2D eigenvalue weighted by molar-refractivity contribution is 5.20. The molecule has 0 N–H and O–H groups in total. The second kappa shape index (κ2) is 5.83. The van der Waals surface area contributed by atoms with Crippen LogP contribution in [0.1, 0.15) is 62.8 Å². The first-order valence-electron chi connectivity index (χ1n) is 8.07. The topological polar surface area (TPSA) is 0 Å². The lowest BCUT2D eigenvalue weighted by atomic mass is 9.68. The standard InChI is InChI=1S/C18H24F2/c19-18(20)11-5-10-17(13-18)16-9-4-8-15(12-16)14-6-2-1-3-7-14/h1-3,6-7,15-17H,4-5,8-13H2/t15-,16+,17-/m1/s1. The van der Waals surface area contributed by atoms with Crippen LogP contribution in [0.4, 0.5) is 8.78 Å². The number of hydrogen-bond donors (Lipinski definition) is 0. The van der Waals surface area contributed by atoms with Gasteiger partial charge < -0.3 is 0 Å². The summed E-state index contributed by atoms with van der Waals surface area (Å²) in [5.41, 5.74) is 1.40. The third-order valence-electron chi connectivity index (χ3n) is 5.33. The molecule has 0 saturated heterocycles. The van der Waals surface area contributed by atoms with Crippen LogP contribution in [-0.2, 0) is 0 Å². The van der Waals surface area contributed by atoms with Crippen molar-refractivity contribution in [3.8, 4) is 0 Å². The summed E-state index contributed by atoms with van der Waals surface area (Å²) in [6.07, 6.45) is 6.67. The molecule has 0 nitrogen and oxygen atoms in total. The summed E-state index contributed by atoms with van der Waals surface area (Å²) in [5, 5.41) is 0. The molecule has 0 bridgehead atoms. The summed E-state index contributed by atoms with van der Waals surface area (Å²) < 4.78 is 27.3. The first-order valence-corrected chi connectivity index (χ1v) is 8.07. The second-order valence-corrected chi connectivity index (χ2v) is 6.75. The molecule has 0 aromatic heterocycles. The van der Waals surface area contributed by atoms with Crippen LogP contribution in [0, 0.1) is 11.8 Å². The lowest BCUT2D eigenvalue weighted by molar-refractivity contribution is -0.0653. The maximum atomic E-state index is 13.6. The van der Waals surface area contributed by atoms with Gasteiger partial charge in [0.25, 0.3) is 0 Å². The zero-order valence-electron chi connectivity index (χ0n) is 12.0. The van der Waals surface area contributed by atoms with E-state index in [0.717, 1.165) is 19.3 Å². The maximum absolute atomic E-state index is 13.6. The van der Waals surface area contributed by atoms with Crippen LogP contribution in [0.3, 0.4) is 0 Å². The van der Waals surface area contributed by atoms with E-state index in [1.165, 1.54) is 18.4 Å². The third-order valence-corrected chi connectivity index (χ3v) is 5.33. The molecule has 1 aromatic carbocycles. The normalized spacial score (nSPS) is 33.8. The van der Waals surface area contributed by atoms with Crippen LogP contribution in [0.5, 0.6) is 0 Å². The Labute approximate surface area is 120 Å². The van der Waals surface area contributed by atoms with Gasteiger partial charge in [-0.05, 0) is 49.0 Å². The highest BCUT2D eigenvalue weighted by atomic mass is 19.3. The molecule has 2 heteroatoms. The van der Waals surface area contributed by atoms with E-state index in [1.807, 2.05) is 6.07 Å². The predicted molar refractivity (Wildman–Crippen MR) is 78.0 cm³/mol. The van der Waals surface area contributed by atoms with E-state index in [4.69, 9.17) is 0 Å². The van der Waals surface area contributed by atoms with Gasteiger partial charge in [0.05, 0.1) is 0 Å². The number of hydrogen-bond acceptors (Lipinski definition) is 0. The van der Waals surface area contributed by atoms with Crippen molar-refractivity contribution in [2.75, 3.05) is 0 Å². The zero-order valence-corrected chi connectivity index (χ0v) is 12.0. The quantitative estimate of drug-likeness (QED) is 0.642. The van der Waals surface area contributed by atoms with E-state index in [-0.39, 0.29) is 18.8 Å². The molecule has 2 aliphatic rings. The Morgan fingerprint density at radius 1 is 0.900 bits per heavy atom. The Kier molecular flexibility index (Phi) is 4.09. The fourth-order valence-corrected chi connectivity index (χ4v) is 4.30. The summed E-state index contributed by atoms with van der Waals surface area (Å²) in [6.45, 7) is 0. The molecular weight excluding hydrogens is 254 g/mol. The smallest absolute Gasteiger partial charge is 0.207 e. The van der Waals surface area contributed by atoms with Gasteiger partial charge in [-0.1, -0.05) is 43.2 Å².